The van der Waals surface area contributed by atoms with E-state index in [2.05, 4.69) is 0 Å². The molecule has 1 aromatic carbocycles. The van der Waals surface area contributed by atoms with Crippen LogP contribution in [0.15, 0.2) is 24.3 Å². The molecule has 0 aromatic heterocycles. The standard InChI is InChI=1S/C9H12N2O4/c1-2-10(12)7-15-9-5-3-4-8(6-9)11(13)14/h3-6,12H,2,7H2,1H3. The molecule has 0 atom stereocenters. The van der Waals surface area contributed by atoms with Crippen LogP contribution in [0.4, 0.5) is 5.69 Å². The van der Waals surface area contributed by atoms with Gasteiger partial charge in [-0.25, -0.2) is 0 Å². The average Bonchev–Trinajstić information content (AvgIpc) is 2.26. The SMILES string of the molecule is CCN(O)COc1cccc([N+](=O)[O-])c1. The Morgan fingerprint density at radius 1 is 1.60 bits per heavy atom. The summed E-state index contributed by atoms with van der Waals surface area (Å²) in [5.74, 6) is 0.358. The summed E-state index contributed by atoms with van der Waals surface area (Å²) >= 11 is 0. The maximum absolute atomic E-state index is 10.4. The molecule has 82 valence electrons. The largest absolute Gasteiger partial charge is 0.476 e. The highest BCUT2D eigenvalue weighted by Crippen LogP contribution is 2.18. The second kappa shape index (κ2) is 5.28. The molecule has 0 aliphatic rings. The summed E-state index contributed by atoms with van der Waals surface area (Å²) in [5.41, 5.74) is -0.0338. The first-order valence-corrected chi connectivity index (χ1v) is 4.44. The van der Waals surface area contributed by atoms with E-state index in [1.165, 1.54) is 18.2 Å². The smallest absolute Gasteiger partial charge is 0.273 e. The molecule has 1 aromatic rings. The number of hydrogen-bond acceptors (Lipinski definition) is 5. The lowest BCUT2D eigenvalue weighted by Crippen LogP contribution is -2.23. The van der Waals surface area contributed by atoms with Crippen molar-refractivity contribution in [2.75, 3.05) is 13.3 Å². The van der Waals surface area contributed by atoms with E-state index in [0.29, 0.717) is 12.3 Å². The summed E-state index contributed by atoms with van der Waals surface area (Å²) in [6, 6.07) is 5.81. The topological polar surface area (TPSA) is 75.8 Å². The molecule has 0 aliphatic heterocycles. The van der Waals surface area contributed by atoms with Gasteiger partial charge in [0.05, 0.1) is 11.0 Å². The third-order valence-electron chi connectivity index (χ3n) is 1.77. The van der Waals surface area contributed by atoms with Gasteiger partial charge in [-0.05, 0) is 13.0 Å². The van der Waals surface area contributed by atoms with Crippen molar-refractivity contribution >= 4 is 5.69 Å². The van der Waals surface area contributed by atoms with Crippen molar-refractivity contribution in [3.05, 3.63) is 34.4 Å². The van der Waals surface area contributed by atoms with Gasteiger partial charge in [-0.15, -0.1) is 0 Å². The minimum absolute atomic E-state index is 0.0162. The van der Waals surface area contributed by atoms with Gasteiger partial charge in [-0.3, -0.25) is 10.1 Å². The molecule has 6 heteroatoms. The van der Waals surface area contributed by atoms with E-state index < -0.39 is 4.92 Å². The lowest BCUT2D eigenvalue weighted by Gasteiger charge is -2.12. The van der Waals surface area contributed by atoms with Crippen LogP contribution in [0.5, 0.6) is 5.75 Å². The van der Waals surface area contributed by atoms with Crippen LogP contribution in [0.1, 0.15) is 6.92 Å². The highest BCUT2D eigenvalue weighted by molar-refractivity contribution is 5.37. The van der Waals surface area contributed by atoms with Gasteiger partial charge in [0.25, 0.3) is 5.69 Å². The molecular formula is C9H12N2O4. The Balaban J connectivity index is 2.62. The van der Waals surface area contributed by atoms with Crippen molar-refractivity contribution in [2.45, 2.75) is 6.92 Å². The fourth-order valence-corrected chi connectivity index (χ4v) is 0.927. The molecule has 0 amide bonds. The van der Waals surface area contributed by atoms with Crippen molar-refractivity contribution in [1.29, 1.82) is 0 Å². The molecule has 0 aliphatic carbocycles. The molecule has 0 bridgehead atoms. The van der Waals surface area contributed by atoms with Gasteiger partial charge >= 0.3 is 0 Å². The Labute approximate surface area is 86.8 Å². The zero-order chi connectivity index (χ0) is 11.3. The zero-order valence-electron chi connectivity index (χ0n) is 8.29. The molecular weight excluding hydrogens is 200 g/mol. The lowest BCUT2D eigenvalue weighted by molar-refractivity contribution is -0.385. The quantitative estimate of drug-likeness (QED) is 0.456. The molecule has 0 heterocycles. The van der Waals surface area contributed by atoms with Crippen LogP contribution in [0.2, 0.25) is 0 Å². The zero-order valence-corrected chi connectivity index (χ0v) is 8.29. The molecule has 1 rings (SSSR count). The first-order valence-electron chi connectivity index (χ1n) is 4.44. The van der Waals surface area contributed by atoms with E-state index in [0.717, 1.165) is 5.06 Å². The molecule has 0 saturated carbocycles. The van der Waals surface area contributed by atoms with Crippen LogP contribution < -0.4 is 4.74 Å². The molecule has 15 heavy (non-hydrogen) atoms. The first kappa shape index (κ1) is 11.4. The number of nitro groups is 1. The van der Waals surface area contributed by atoms with Gasteiger partial charge in [-0.2, -0.15) is 5.06 Å². The van der Waals surface area contributed by atoms with E-state index in [-0.39, 0.29) is 12.4 Å². The average molecular weight is 212 g/mol. The third-order valence-corrected chi connectivity index (χ3v) is 1.77. The van der Waals surface area contributed by atoms with Gasteiger partial charge in [0.2, 0.25) is 0 Å². The summed E-state index contributed by atoms with van der Waals surface area (Å²) in [6.45, 7) is 2.17. The number of hydrogen-bond donors (Lipinski definition) is 1. The van der Waals surface area contributed by atoms with Crippen molar-refractivity contribution in [3.8, 4) is 5.75 Å². The maximum Gasteiger partial charge on any atom is 0.273 e. The number of nitrogens with zero attached hydrogens (tertiary/aromatic N) is 2. The van der Waals surface area contributed by atoms with Crippen molar-refractivity contribution in [3.63, 3.8) is 0 Å². The molecule has 0 radical (unpaired) electrons. The maximum atomic E-state index is 10.4. The Bertz CT molecular complexity index is 343. The van der Waals surface area contributed by atoms with E-state index >= 15 is 0 Å². The Morgan fingerprint density at radius 3 is 2.93 bits per heavy atom. The fraction of sp³-hybridized carbons (Fsp3) is 0.333. The molecule has 6 nitrogen and oxygen atoms in total. The number of rotatable bonds is 5. The number of ether oxygens (including phenoxy) is 1. The summed E-state index contributed by atoms with van der Waals surface area (Å²) in [7, 11) is 0. The minimum Gasteiger partial charge on any atom is -0.476 e. The summed E-state index contributed by atoms with van der Waals surface area (Å²) in [4.78, 5) is 9.94. The summed E-state index contributed by atoms with van der Waals surface area (Å²) < 4.78 is 5.12. The van der Waals surface area contributed by atoms with Crippen LogP contribution in [0.3, 0.4) is 0 Å². The highest BCUT2D eigenvalue weighted by Gasteiger charge is 2.06. The summed E-state index contributed by atoms with van der Waals surface area (Å²) in [6.07, 6.45) is 0. The molecule has 0 saturated heterocycles. The van der Waals surface area contributed by atoms with E-state index in [9.17, 15) is 10.1 Å². The van der Waals surface area contributed by atoms with Crippen LogP contribution in [0.25, 0.3) is 0 Å². The highest BCUT2D eigenvalue weighted by atomic mass is 16.6. The Kier molecular flexibility index (Phi) is 4.02. The van der Waals surface area contributed by atoms with Crippen molar-refractivity contribution in [1.82, 2.24) is 5.06 Å². The van der Waals surface area contributed by atoms with Gasteiger partial charge in [0.15, 0.2) is 6.73 Å². The van der Waals surface area contributed by atoms with Gasteiger partial charge in [0.1, 0.15) is 5.75 Å². The van der Waals surface area contributed by atoms with E-state index in [1.54, 1.807) is 13.0 Å². The van der Waals surface area contributed by atoms with Gasteiger partial charge in [-0.1, -0.05) is 6.07 Å². The molecule has 1 N–H and O–H groups in total. The molecule has 0 fully saturated rings. The van der Waals surface area contributed by atoms with Gasteiger partial charge < -0.3 is 9.94 Å². The van der Waals surface area contributed by atoms with Crippen molar-refractivity contribution < 1.29 is 14.9 Å². The predicted molar refractivity (Wildman–Crippen MR) is 52.8 cm³/mol. The number of nitro benzene ring substituents is 1. The number of benzene rings is 1. The summed E-state index contributed by atoms with van der Waals surface area (Å²) in [5, 5.41) is 20.5. The van der Waals surface area contributed by atoms with Crippen LogP contribution in [-0.2, 0) is 0 Å². The third kappa shape index (κ3) is 3.53. The second-order valence-corrected chi connectivity index (χ2v) is 2.85. The van der Waals surface area contributed by atoms with Crippen LogP contribution in [-0.4, -0.2) is 28.5 Å². The van der Waals surface area contributed by atoms with Gasteiger partial charge in [0, 0.05) is 12.6 Å². The number of non-ortho nitro benzene ring substituents is 1. The Morgan fingerprint density at radius 2 is 2.33 bits per heavy atom. The van der Waals surface area contributed by atoms with E-state index in [4.69, 9.17) is 9.94 Å². The fourth-order valence-electron chi connectivity index (χ4n) is 0.927. The molecule has 0 unspecified atom stereocenters. The van der Waals surface area contributed by atoms with Crippen LogP contribution >= 0.6 is 0 Å². The number of hydroxylamine groups is 2. The second-order valence-electron chi connectivity index (χ2n) is 2.85. The Hall–Kier alpha value is -1.66. The lowest BCUT2D eigenvalue weighted by atomic mass is 10.3. The first-order chi connectivity index (χ1) is 7.13. The normalized spacial score (nSPS) is 10.3. The molecule has 0 spiro atoms. The van der Waals surface area contributed by atoms with Crippen LogP contribution in [0, 0.1) is 10.1 Å². The minimum atomic E-state index is -0.497. The monoisotopic (exact) mass is 212 g/mol. The van der Waals surface area contributed by atoms with Crippen molar-refractivity contribution in [2.24, 2.45) is 0 Å². The predicted octanol–water partition coefficient (Wildman–Crippen LogP) is 1.64. The van der Waals surface area contributed by atoms with E-state index in [1.807, 2.05) is 0 Å².